The van der Waals surface area contributed by atoms with Crippen molar-refractivity contribution in [3.8, 4) is 0 Å². The lowest BCUT2D eigenvalue weighted by molar-refractivity contribution is -0.130. The van der Waals surface area contributed by atoms with Crippen molar-refractivity contribution in [1.82, 2.24) is 25.6 Å². The van der Waals surface area contributed by atoms with Crippen LogP contribution in [0.4, 0.5) is 0 Å². The summed E-state index contributed by atoms with van der Waals surface area (Å²) < 4.78 is 0. The molecule has 2 fully saturated rings. The van der Waals surface area contributed by atoms with Crippen LogP contribution >= 0.6 is 11.6 Å². The Bertz CT molecular complexity index is 406. The molecule has 21 heavy (non-hydrogen) atoms. The fourth-order valence-electron chi connectivity index (χ4n) is 2.89. The highest BCUT2D eigenvalue weighted by molar-refractivity contribution is 6.31. The molecule has 3 atom stereocenters. The molecule has 2 rings (SSSR count). The van der Waals surface area contributed by atoms with Crippen LogP contribution in [0.5, 0.6) is 0 Å². The van der Waals surface area contributed by atoms with Gasteiger partial charge in [-0.15, -0.1) is 11.6 Å². The number of carbonyl (C=O) groups excluding carboxylic acids is 2. The maximum atomic E-state index is 11.8. The molecule has 0 aromatic heterocycles. The van der Waals surface area contributed by atoms with Crippen molar-refractivity contribution >= 4 is 23.4 Å². The van der Waals surface area contributed by atoms with Gasteiger partial charge in [-0.2, -0.15) is 0 Å². The third kappa shape index (κ3) is 3.85. The van der Waals surface area contributed by atoms with Gasteiger partial charge in [-0.05, 0) is 6.92 Å². The first-order chi connectivity index (χ1) is 9.90. The third-order valence-electron chi connectivity index (χ3n) is 4.16. The van der Waals surface area contributed by atoms with Crippen LogP contribution in [0, 0.1) is 0 Å². The van der Waals surface area contributed by atoms with Gasteiger partial charge in [0, 0.05) is 52.4 Å². The molecule has 2 N–H and O–H groups in total. The van der Waals surface area contributed by atoms with Crippen LogP contribution in [0.1, 0.15) is 6.92 Å². The van der Waals surface area contributed by atoms with Crippen LogP contribution in [0.15, 0.2) is 0 Å². The molecule has 2 heterocycles. The molecule has 2 amide bonds. The number of piperazine rings is 1. The van der Waals surface area contributed by atoms with Crippen LogP contribution < -0.4 is 10.9 Å². The van der Waals surface area contributed by atoms with Gasteiger partial charge in [-0.25, -0.2) is 5.43 Å². The Hall–Kier alpha value is -0.890. The van der Waals surface area contributed by atoms with Crippen molar-refractivity contribution in [3.05, 3.63) is 0 Å². The van der Waals surface area contributed by atoms with Crippen LogP contribution in [-0.2, 0) is 9.59 Å². The smallest absolute Gasteiger partial charge is 0.253 e. The highest BCUT2D eigenvalue weighted by Crippen LogP contribution is 2.19. The lowest BCUT2D eigenvalue weighted by atomic mass is 10.0. The van der Waals surface area contributed by atoms with E-state index in [9.17, 15) is 9.59 Å². The number of hydrogen-bond acceptors (Lipinski definition) is 5. The Morgan fingerprint density at radius 3 is 2.76 bits per heavy atom. The van der Waals surface area contributed by atoms with Crippen molar-refractivity contribution in [1.29, 1.82) is 0 Å². The van der Waals surface area contributed by atoms with E-state index in [-0.39, 0.29) is 23.9 Å². The molecule has 0 radical (unpaired) electrons. The molecule has 0 aromatic rings. The first kappa shape index (κ1) is 16.5. The number of alkyl halides is 1. The molecular formula is C13H24ClN5O2. The normalized spacial score (nSPS) is 31.8. The Balaban J connectivity index is 1.91. The van der Waals surface area contributed by atoms with Crippen LogP contribution in [0.2, 0.25) is 0 Å². The van der Waals surface area contributed by atoms with E-state index in [1.807, 2.05) is 0 Å². The minimum atomic E-state index is -0.538. The molecule has 2 unspecified atom stereocenters. The van der Waals surface area contributed by atoms with Gasteiger partial charge in [0.25, 0.3) is 5.91 Å². The number of carbonyl (C=O) groups is 2. The van der Waals surface area contributed by atoms with Gasteiger partial charge in [-0.3, -0.25) is 24.8 Å². The Morgan fingerprint density at radius 1 is 1.43 bits per heavy atom. The first-order valence-electron chi connectivity index (χ1n) is 7.25. The standard InChI is InChI=1S/C13H24ClN5O2/c1-9-7-18(8-11(20)17(2)3)4-5-19(9)10-6-15-16-13(21)12(10)14/h9-10,12,15H,4-8H2,1-3H3,(H,16,21)/t9-,10?,12?/m1/s1. The number of halogens is 1. The Kier molecular flexibility index (Phi) is 5.43. The zero-order valence-corrected chi connectivity index (χ0v) is 13.6. The fraction of sp³-hybridized carbons (Fsp3) is 0.846. The van der Waals surface area contributed by atoms with Gasteiger partial charge in [0.2, 0.25) is 5.91 Å². The summed E-state index contributed by atoms with van der Waals surface area (Å²) >= 11 is 6.23. The molecule has 120 valence electrons. The summed E-state index contributed by atoms with van der Waals surface area (Å²) in [7, 11) is 3.54. The van der Waals surface area contributed by atoms with E-state index in [1.165, 1.54) is 0 Å². The minimum Gasteiger partial charge on any atom is -0.348 e. The molecule has 0 bridgehead atoms. The van der Waals surface area contributed by atoms with E-state index in [2.05, 4.69) is 27.6 Å². The molecule has 7 nitrogen and oxygen atoms in total. The number of nitrogens with zero attached hydrogens (tertiary/aromatic N) is 3. The van der Waals surface area contributed by atoms with Gasteiger partial charge in [0.1, 0.15) is 5.38 Å². The Labute approximate surface area is 130 Å². The summed E-state index contributed by atoms with van der Waals surface area (Å²) in [5, 5.41) is -0.538. The lowest BCUT2D eigenvalue weighted by Crippen LogP contribution is -2.66. The van der Waals surface area contributed by atoms with Gasteiger partial charge >= 0.3 is 0 Å². The number of rotatable bonds is 3. The SMILES string of the molecule is C[C@@H]1CN(CC(=O)N(C)C)CCN1C1CNNC(=O)C1Cl. The van der Waals surface area contributed by atoms with Gasteiger partial charge < -0.3 is 4.90 Å². The van der Waals surface area contributed by atoms with Crippen molar-refractivity contribution < 1.29 is 9.59 Å². The van der Waals surface area contributed by atoms with E-state index in [4.69, 9.17) is 11.6 Å². The van der Waals surface area contributed by atoms with E-state index in [1.54, 1.807) is 19.0 Å². The van der Waals surface area contributed by atoms with Crippen molar-refractivity contribution in [2.24, 2.45) is 0 Å². The molecular weight excluding hydrogens is 294 g/mol. The predicted octanol–water partition coefficient (Wildman–Crippen LogP) is -1.31. The second-order valence-corrected chi connectivity index (χ2v) is 6.42. The summed E-state index contributed by atoms with van der Waals surface area (Å²) in [6, 6.07) is 0.245. The third-order valence-corrected chi connectivity index (χ3v) is 4.65. The van der Waals surface area contributed by atoms with E-state index in [0.717, 1.165) is 19.6 Å². The maximum absolute atomic E-state index is 11.8. The van der Waals surface area contributed by atoms with Crippen LogP contribution in [0.25, 0.3) is 0 Å². The van der Waals surface area contributed by atoms with Gasteiger partial charge in [0.05, 0.1) is 6.54 Å². The van der Waals surface area contributed by atoms with Crippen LogP contribution in [-0.4, -0.2) is 90.8 Å². The molecule has 2 aliphatic heterocycles. The van der Waals surface area contributed by atoms with E-state index < -0.39 is 5.38 Å². The van der Waals surface area contributed by atoms with Gasteiger partial charge in [0.15, 0.2) is 0 Å². The average Bonchev–Trinajstić information content (AvgIpc) is 2.42. The number of amides is 2. The van der Waals surface area contributed by atoms with Crippen molar-refractivity contribution in [2.45, 2.75) is 24.4 Å². The molecule has 0 saturated carbocycles. The fourth-order valence-corrected chi connectivity index (χ4v) is 3.18. The van der Waals surface area contributed by atoms with E-state index in [0.29, 0.717) is 13.1 Å². The lowest BCUT2D eigenvalue weighted by Gasteiger charge is -2.46. The monoisotopic (exact) mass is 317 g/mol. The molecule has 2 aliphatic rings. The summed E-state index contributed by atoms with van der Waals surface area (Å²) in [4.78, 5) is 29.5. The number of nitrogens with one attached hydrogen (secondary N) is 2. The quantitative estimate of drug-likeness (QED) is 0.633. The molecule has 2 saturated heterocycles. The molecule has 0 spiro atoms. The summed E-state index contributed by atoms with van der Waals surface area (Å²) in [5.74, 6) is -0.0603. The Morgan fingerprint density at radius 2 is 2.14 bits per heavy atom. The summed E-state index contributed by atoms with van der Waals surface area (Å²) in [6.07, 6.45) is 0. The number of likely N-dealkylation sites (N-methyl/N-ethyl adjacent to an activating group) is 1. The maximum Gasteiger partial charge on any atom is 0.253 e. The summed E-state index contributed by atoms with van der Waals surface area (Å²) in [6.45, 7) is 5.62. The van der Waals surface area contributed by atoms with Gasteiger partial charge in [-0.1, -0.05) is 0 Å². The van der Waals surface area contributed by atoms with Crippen LogP contribution in [0.3, 0.4) is 0 Å². The number of hydrazine groups is 1. The first-order valence-corrected chi connectivity index (χ1v) is 7.69. The second kappa shape index (κ2) is 6.91. The van der Waals surface area contributed by atoms with Crippen molar-refractivity contribution in [3.63, 3.8) is 0 Å². The highest BCUT2D eigenvalue weighted by atomic mass is 35.5. The molecule has 0 aliphatic carbocycles. The number of hydrogen-bond donors (Lipinski definition) is 2. The zero-order chi connectivity index (χ0) is 15.6. The average molecular weight is 318 g/mol. The predicted molar refractivity (Wildman–Crippen MR) is 80.9 cm³/mol. The molecule has 0 aromatic carbocycles. The summed E-state index contributed by atoms with van der Waals surface area (Å²) in [5.41, 5.74) is 5.45. The minimum absolute atomic E-state index is 0.0119. The topological polar surface area (TPSA) is 67.9 Å². The van der Waals surface area contributed by atoms with E-state index >= 15 is 0 Å². The molecule has 8 heteroatoms. The largest absolute Gasteiger partial charge is 0.348 e. The second-order valence-electron chi connectivity index (χ2n) is 5.95. The van der Waals surface area contributed by atoms with Crippen molar-refractivity contribution in [2.75, 3.05) is 46.8 Å². The zero-order valence-electron chi connectivity index (χ0n) is 12.8. The highest BCUT2D eigenvalue weighted by Gasteiger charge is 2.38.